The van der Waals surface area contributed by atoms with E-state index in [4.69, 9.17) is 9.47 Å². The zero-order valence-corrected chi connectivity index (χ0v) is 19.8. The molecular formula is C22H27N3O7S. The number of aryl methyl sites for hydroxylation is 2. The highest BCUT2D eigenvalue weighted by Gasteiger charge is 2.23. The summed E-state index contributed by atoms with van der Waals surface area (Å²) in [6, 6.07) is 9.31. The Morgan fingerprint density at radius 2 is 1.70 bits per heavy atom. The standard InChI is InChI=1S/C22H27N3O7S/c1-13-7-6-8-14(2)20(13)25-19(26)12-24-21(27)15(3)32-22(28)16-9-10-17(31-5)18(11-16)33(29,30)23-4/h6-11,15,23H,12H2,1-5H3,(H,24,27)(H,25,26). The number of para-hydroxylation sites is 1. The highest BCUT2D eigenvalue weighted by Crippen LogP contribution is 2.25. The number of methoxy groups -OCH3 is 1. The minimum atomic E-state index is -3.90. The molecule has 0 radical (unpaired) electrons. The van der Waals surface area contributed by atoms with Crippen LogP contribution in [0, 0.1) is 13.8 Å². The van der Waals surface area contributed by atoms with Gasteiger partial charge < -0.3 is 20.1 Å². The van der Waals surface area contributed by atoms with E-state index in [1.54, 1.807) is 0 Å². The van der Waals surface area contributed by atoms with Crippen LogP contribution in [0.2, 0.25) is 0 Å². The summed E-state index contributed by atoms with van der Waals surface area (Å²) in [7, 11) is -1.38. The van der Waals surface area contributed by atoms with E-state index >= 15 is 0 Å². The number of rotatable bonds is 9. The molecule has 0 fully saturated rings. The second kappa shape index (κ2) is 10.9. The van der Waals surface area contributed by atoms with Crippen LogP contribution in [0.3, 0.4) is 0 Å². The molecule has 0 aliphatic carbocycles. The maximum absolute atomic E-state index is 12.4. The normalized spacial score (nSPS) is 11.9. The summed E-state index contributed by atoms with van der Waals surface area (Å²) in [5.74, 6) is -1.98. The Labute approximate surface area is 192 Å². The monoisotopic (exact) mass is 477 g/mol. The molecule has 2 aromatic rings. The van der Waals surface area contributed by atoms with E-state index in [-0.39, 0.29) is 22.8 Å². The van der Waals surface area contributed by atoms with Crippen molar-refractivity contribution in [2.45, 2.75) is 31.8 Å². The lowest BCUT2D eigenvalue weighted by Crippen LogP contribution is -2.40. The summed E-state index contributed by atoms with van der Waals surface area (Å²) < 4.78 is 36.6. The van der Waals surface area contributed by atoms with Gasteiger partial charge in [0.2, 0.25) is 15.9 Å². The van der Waals surface area contributed by atoms with Gasteiger partial charge in [0.15, 0.2) is 6.10 Å². The first-order valence-corrected chi connectivity index (χ1v) is 11.4. The van der Waals surface area contributed by atoms with Gasteiger partial charge in [-0.3, -0.25) is 9.59 Å². The maximum Gasteiger partial charge on any atom is 0.338 e. The van der Waals surface area contributed by atoms with Gasteiger partial charge in [-0.05, 0) is 57.1 Å². The molecule has 10 nitrogen and oxygen atoms in total. The second-order valence-corrected chi connectivity index (χ2v) is 9.01. The van der Waals surface area contributed by atoms with Crippen LogP contribution >= 0.6 is 0 Å². The number of hydrogen-bond acceptors (Lipinski definition) is 7. The summed E-state index contributed by atoms with van der Waals surface area (Å²) in [6.45, 7) is 4.73. The first-order chi connectivity index (χ1) is 15.5. The molecule has 2 amide bonds. The van der Waals surface area contributed by atoms with E-state index in [1.165, 1.54) is 33.2 Å². The predicted octanol–water partition coefficient (Wildman–Crippen LogP) is 1.52. The molecule has 0 spiro atoms. The van der Waals surface area contributed by atoms with Crippen LogP contribution in [-0.2, 0) is 24.3 Å². The fourth-order valence-electron chi connectivity index (χ4n) is 2.91. The van der Waals surface area contributed by atoms with Crippen LogP contribution < -0.4 is 20.1 Å². The van der Waals surface area contributed by atoms with Gasteiger partial charge >= 0.3 is 5.97 Å². The number of carbonyl (C=O) groups excluding carboxylic acids is 3. The Bertz CT molecular complexity index is 1140. The fourth-order valence-corrected chi connectivity index (χ4v) is 3.83. The van der Waals surface area contributed by atoms with E-state index in [0.29, 0.717) is 5.69 Å². The van der Waals surface area contributed by atoms with Crippen molar-refractivity contribution in [2.24, 2.45) is 0 Å². The van der Waals surface area contributed by atoms with E-state index in [0.717, 1.165) is 17.2 Å². The van der Waals surface area contributed by atoms with E-state index in [1.807, 2.05) is 32.0 Å². The lowest BCUT2D eigenvalue weighted by molar-refractivity contribution is -0.130. The van der Waals surface area contributed by atoms with Crippen molar-refractivity contribution in [3.8, 4) is 5.75 Å². The third-order valence-electron chi connectivity index (χ3n) is 4.78. The van der Waals surface area contributed by atoms with Crippen LogP contribution in [0.5, 0.6) is 5.75 Å². The van der Waals surface area contributed by atoms with E-state index < -0.39 is 33.9 Å². The number of sulfonamides is 1. The summed E-state index contributed by atoms with van der Waals surface area (Å²) in [5, 5.41) is 5.15. The van der Waals surface area contributed by atoms with Gasteiger partial charge in [0.1, 0.15) is 10.6 Å². The molecule has 1 atom stereocenters. The Kier molecular flexibility index (Phi) is 8.55. The molecule has 0 bridgehead atoms. The zero-order chi connectivity index (χ0) is 24.8. The molecule has 33 heavy (non-hydrogen) atoms. The highest BCUT2D eigenvalue weighted by molar-refractivity contribution is 7.89. The van der Waals surface area contributed by atoms with Crippen molar-refractivity contribution in [3.63, 3.8) is 0 Å². The molecule has 0 aliphatic heterocycles. The molecule has 0 aliphatic rings. The fraction of sp³-hybridized carbons (Fsp3) is 0.318. The van der Waals surface area contributed by atoms with Crippen molar-refractivity contribution in [3.05, 3.63) is 53.1 Å². The summed E-state index contributed by atoms with van der Waals surface area (Å²) in [6.07, 6.45) is -1.23. The van der Waals surface area contributed by atoms with Crippen molar-refractivity contribution in [1.29, 1.82) is 0 Å². The van der Waals surface area contributed by atoms with Gasteiger partial charge in [-0.1, -0.05) is 18.2 Å². The van der Waals surface area contributed by atoms with Gasteiger partial charge in [-0.15, -0.1) is 0 Å². The van der Waals surface area contributed by atoms with Crippen molar-refractivity contribution < 1.29 is 32.3 Å². The third kappa shape index (κ3) is 6.53. The van der Waals surface area contributed by atoms with E-state index in [2.05, 4.69) is 15.4 Å². The van der Waals surface area contributed by atoms with Gasteiger partial charge in [-0.25, -0.2) is 17.9 Å². The lowest BCUT2D eigenvalue weighted by atomic mass is 10.1. The molecule has 178 valence electrons. The van der Waals surface area contributed by atoms with E-state index in [9.17, 15) is 22.8 Å². The molecule has 0 saturated carbocycles. The Balaban J connectivity index is 2.00. The molecule has 0 aromatic heterocycles. The number of carbonyl (C=O) groups is 3. The summed E-state index contributed by atoms with van der Waals surface area (Å²) >= 11 is 0. The number of esters is 1. The third-order valence-corrected chi connectivity index (χ3v) is 6.21. The summed E-state index contributed by atoms with van der Waals surface area (Å²) in [5.41, 5.74) is 2.35. The topological polar surface area (TPSA) is 140 Å². The molecule has 0 heterocycles. The number of hydrogen-bond donors (Lipinski definition) is 3. The predicted molar refractivity (Wildman–Crippen MR) is 122 cm³/mol. The molecule has 11 heteroatoms. The Hall–Kier alpha value is -3.44. The lowest BCUT2D eigenvalue weighted by Gasteiger charge is -2.15. The van der Waals surface area contributed by atoms with Crippen LogP contribution in [0.25, 0.3) is 0 Å². The van der Waals surface area contributed by atoms with Gasteiger partial charge in [0, 0.05) is 5.69 Å². The molecule has 2 aromatic carbocycles. The number of anilines is 1. The number of benzene rings is 2. The minimum absolute atomic E-state index is 0.0431. The van der Waals surface area contributed by atoms with Gasteiger partial charge in [-0.2, -0.15) is 0 Å². The van der Waals surface area contributed by atoms with Crippen molar-refractivity contribution >= 4 is 33.5 Å². The largest absolute Gasteiger partial charge is 0.495 e. The molecule has 0 saturated heterocycles. The smallest absolute Gasteiger partial charge is 0.338 e. The average Bonchev–Trinajstić information content (AvgIpc) is 2.79. The first kappa shape index (κ1) is 25.8. The molecular weight excluding hydrogens is 450 g/mol. The van der Waals surface area contributed by atoms with Crippen molar-refractivity contribution in [1.82, 2.24) is 10.0 Å². The maximum atomic E-state index is 12.4. The van der Waals surface area contributed by atoms with Gasteiger partial charge in [0.05, 0.1) is 19.2 Å². The number of nitrogens with one attached hydrogen (secondary N) is 3. The Morgan fingerprint density at radius 3 is 2.27 bits per heavy atom. The van der Waals surface area contributed by atoms with Crippen LogP contribution in [-0.4, -0.2) is 53.0 Å². The molecule has 2 rings (SSSR count). The zero-order valence-electron chi connectivity index (χ0n) is 19.0. The average molecular weight is 478 g/mol. The van der Waals surface area contributed by atoms with Crippen molar-refractivity contribution in [2.75, 3.05) is 26.0 Å². The quantitative estimate of drug-likeness (QED) is 0.465. The molecule has 3 N–H and O–H groups in total. The molecule has 1 unspecified atom stereocenters. The minimum Gasteiger partial charge on any atom is -0.495 e. The number of amides is 2. The van der Waals surface area contributed by atoms with Crippen LogP contribution in [0.4, 0.5) is 5.69 Å². The van der Waals surface area contributed by atoms with Crippen LogP contribution in [0.15, 0.2) is 41.3 Å². The summed E-state index contributed by atoms with van der Waals surface area (Å²) in [4.78, 5) is 36.7. The first-order valence-electron chi connectivity index (χ1n) is 9.96. The van der Waals surface area contributed by atoms with Gasteiger partial charge in [0.25, 0.3) is 5.91 Å². The highest BCUT2D eigenvalue weighted by atomic mass is 32.2. The Morgan fingerprint density at radius 1 is 1.06 bits per heavy atom. The second-order valence-electron chi connectivity index (χ2n) is 7.15. The van der Waals surface area contributed by atoms with Crippen LogP contribution in [0.1, 0.15) is 28.4 Å². The number of ether oxygens (including phenoxy) is 2. The SMILES string of the molecule is CNS(=O)(=O)c1cc(C(=O)OC(C)C(=O)NCC(=O)Nc2c(C)cccc2C)ccc1OC.